The minimum Gasteiger partial charge on any atom is -0.281 e. The molecule has 0 aliphatic heterocycles. The second kappa shape index (κ2) is 2.03. The summed E-state index contributed by atoms with van der Waals surface area (Å²) in [5.74, 6) is 0. The molecule has 0 aromatic carbocycles. The first-order valence-electron chi connectivity index (χ1n) is 2.27. The van der Waals surface area contributed by atoms with E-state index in [1.54, 1.807) is 18.2 Å². The molecule has 34 valence electrons. The largest absolute Gasteiger partial charge is 0.281 e. The third-order valence-electron chi connectivity index (χ3n) is 0.792. The van der Waals surface area contributed by atoms with E-state index >= 15 is 0 Å². The molecule has 0 N–H and O–H groups in total. The van der Waals surface area contributed by atoms with Gasteiger partial charge in [-0.1, -0.05) is 18.2 Å². The van der Waals surface area contributed by atoms with Gasteiger partial charge in [-0.25, -0.2) is 0 Å². The van der Waals surface area contributed by atoms with E-state index in [0.29, 0.717) is 11.2 Å². The van der Waals surface area contributed by atoms with E-state index in [2.05, 4.69) is 4.98 Å². The number of hydrogen-bond donors (Lipinski definition) is 0. The summed E-state index contributed by atoms with van der Waals surface area (Å²) in [4.78, 5) is 3.73. The highest BCUT2D eigenvalue weighted by Crippen LogP contribution is 1.67. The van der Waals surface area contributed by atoms with E-state index in [1.165, 1.54) is 0 Å². The third-order valence-corrected chi connectivity index (χ3v) is 0.792. The molecule has 0 unspecified atom stereocenters. The van der Waals surface area contributed by atoms with Gasteiger partial charge in [-0.05, 0) is 11.2 Å². The first-order valence-corrected chi connectivity index (χ1v) is 2.27. The monoisotopic (exact) mass is 99.0 g/mol. The Morgan fingerprint density at radius 2 is 1.62 bits per heavy atom. The van der Waals surface area contributed by atoms with E-state index in [1.807, 2.05) is 0 Å². The lowest BCUT2D eigenvalue weighted by Gasteiger charge is -1.91. The molecule has 1 nitrogen and oxygen atoms in total. The Hall–Kier alpha value is -0.720. The van der Waals surface area contributed by atoms with E-state index < -0.39 is 0 Å². The fourth-order valence-electron chi connectivity index (χ4n) is 0.469. The van der Waals surface area contributed by atoms with Crippen molar-refractivity contribution >= 4 is 26.9 Å². The van der Waals surface area contributed by atoms with Crippen LogP contribution in [0.5, 0.6) is 0 Å². The van der Waals surface area contributed by atoms with Gasteiger partial charge in [-0.2, -0.15) is 0 Å². The Kier molecular flexibility index (Phi) is 1.38. The van der Waals surface area contributed by atoms with Gasteiger partial charge in [-0.3, -0.25) is 4.98 Å². The molecule has 8 heavy (non-hydrogen) atoms. The molecule has 1 rings (SSSR count). The van der Waals surface area contributed by atoms with Gasteiger partial charge < -0.3 is 0 Å². The summed E-state index contributed by atoms with van der Waals surface area (Å²) in [5.41, 5.74) is 0.926. The molecular weight excluding hydrogens is 95.7 g/mol. The fourth-order valence-corrected chi connectivity index (χ4v) is 0.469. The number of rotatable bonds is 0. The maximum Gasteiger partial charge on any atom is 0.141 e. The summed E-state index contributed by atoms with van der Waals surface area (Å²) in [5, 5.41) is 0. The van der Waals surface area contributed by atoms with E-state index in [4.69, 9.17) is 15.7 Å². The first kappa shape index (κ1) is 5.42. The Morgan fingerprint density at radius 3 is 1.88 bits per heavy atom. The standard InChI is InChI=1S/C5H3B2N/c6-4-2-1-3-5(7)8-4/h1-3H. The van der Waals surface area contributed by atoms with Crippen molar-refractivity contribution < 1.29 is 0 Å². The van der Waals surface area contributed by atoms with Crippen LogP contribution in [0.4, 0.5) is 0 Å². The molecule has 0 saturated heterocycles. The van der Waals surface area contributed by atoms with Crippen molar-refractivity contribution in [2.75, 3.05) is 0 Å². The lowest BCUT2D eigenvalue weighted by atomic mass is 9.99. The van der Waals surface area contributed by atoms with Crippen molar-refractivity contribution in [3.05, 3.63) is 18.2 Å². The molecule has 0 fully saturated rings. The summed E-state index contributed by atoms with van der Waals surface area (Å²) >= 11 is 0. The van der Waals surface area contributed by atoms with Crippen molar-refractivity contribution in [3.63, 3.8) is 0 Å². The Balaban J connectivity index is 3.08. The highest BCUT2D eigenvalue weighted by Gasteiger charge is 1.81. The van der Waals surface area contributed by atoms with Crippen molar-refractivity contribution in [2.24, 2.45) is 0 Å². The quantitative estimate of drug-likeness (QED) is 0.367. The van der Waals surface area contributed by atoms with Gasteiger partial charge in [-0.15, -0.1) is 0 Å². The molecule has 1 heterocycles. The molecule has 0 amide bonds. The van der Waals surface area contributed by atoms with Crippen LogP contribution in [0.1, 0.15) is 0 Å². The SMILES string of the molecule is [B]c1cccc([B])n1. The van der Waals surface area contributed by atoms with Gasteiger partial charge in [0, 0.05) is 0 Å². The van der Waals surface area contributed by atoms with Gasteiger partial charge >= 0.3 is 0 Å². The Morgan fingerprint density at radius 1 is 1.12 bits per heavy atom. The minimum atomic E-state index is 0.463. The fraction of sp³-hybridized carbons (Fsp3) is 0. The maximum absolute atomic E-state index is 5.27. The average Bonchev–Trinajstić information content (AvgIpc) is 1.64. The van der Waals surface area contributed by atoms with Crippen LogP contribution >= 0.6 is 0 Å². The second-order valence-corrected chi connectivity index (χ2v) is 1.49. The predicted octanol–water partition coefficient (Wildman–Crippen LogP) is -1.33. The van der Waals surface area contributed by atoms with Gasteiger partial charge in [0.05, 0.1) is 0 Å². The molecule has 0 saturated carbocycles. The average molecular weight is 98.7 g/mol. The molecule has 0 aliphatic rings. The molecule has 4 radical (unpaired) electrons. The van der Waals surface area contributed by atoms with Crippen molar-refractivity contribution in [1.82, 2.24) is 4.98 Å². The zero-order valence-corrected chi connectivity index (χ0v) is 4.33. The minimum absolute atomic E-state index is 0.463. The number of nitrogens with zero attached hydrogens (tertiary/aromatic N) is 1. The molecule has 0 bridgehead atoms. The Labute approximate surface area is 51.0 Å². The number of pyridine rings is 1. The van der Waals surface area contributed by atoms with Crippen molar-refractivity contribution in [3.8, 4) is 0 Å². The molecule has 0 aliphatic carbocycles. The zero-order chi connectivity index (χ0) is 5.98. The smallest absolute Gasteiger partial charge is 0.141 e. The highest BCUT2D eigenvalue weighted by atomic mass is 14.7. The zero-order valence-electron chi connectivity index (χ0n) is 4.33. The normalized spacial score (nSPS) is 9.00. The lowest BCUT2D eigenvalue weighted by Crippen LogP contribution is -2.19. The summed E-state index contributed by atoms with van der Waals surface area (Å²) < 4.78 is 0. The van der Waals surface area contributed by atoms with Gasteiger partial charge in [0.15, 0.2) is 0 Å². The molecule has 0 spiro atoms. The van der Waals surface area contributed by atoms with E-state index in [9.17, 15) is 0 Å². The second-order valence-electron chi connectivity index (χ2n) is 1.49. The van der Waals surface area contributed by atoms with Gasteiger partial charge in [0.1, 0.15) is 15.7 Å². The van der Waals surface area contributed by atoms with Crippen LogP contribution in [0.15, 0.2) is 18.2 Å². The molecular formula is C5H3B2N. The summed E-state index contributed by atoms with van der Waals surface area (Å²) in [6.45, 7) is 0. The van der Waals surface area contributed by atoms with E-state index in [-0.39, 0.29) is 0 Å². The van der Waals surface area contributed by atoms with Crippen LogP contribution in [0.2, 0.25) is 0 Å². The lowest BCUT2D eigenvalue weighted by molar-refractivity contribution is 1.46. The van der Waals surface area contributed by atoms with Crippen LogP contribution in [0.25, 0.3) is 0 Å². The Bertz CT molecular complexity index is 170. The first-order chi connectivity index (χ1) is 3.79. The number of aromatic nitrogens is 1. The van der Waals surface area contributed by atoms with E-state index in [0.717, 1.165) is 0 Å². The van der Waals surface area contributed by atoms with Crippen LogP contribution in [0.3, 0.4) is 0 Å². The highest BCUT2D eigenvalue weighted by molar-refractivity contribution is 6.34. The predicted molar refractivity (Wildman–Crippen MR) is 35.0 cm³/mol. The summed E-state index contributed by atoms with van der Waals surface area (Å²) in [7, 11) is 10.5. The van der Waals surface area contributed by atoms with Crippen LogP contribution in [0, 0.1) is 0 Å². The summed E-state index contributed by atoms with van der Waals surface area (Å²) in [6.07, 6.45) is 0. The topological polar surface area (TPSA) is 12.9 Å². The number of hydrogen-bond acceptors (Lipinski definition) is 1. The summed E-state index contributed by atoms with van der Waals surface area (Å²) in [6, 6.07) is 5.14. The van der Waals surface area contributed by atoms with Crippen molar-refractivity contribution in [1.29, 1.82) is 0 Å². The third kappa shape index (κ3) is 1.12. The molecule has 1 aromatic heterocycles. The maximum atomic E-state index is 5.27. The van der Waals surface area contributed by atoms with Gasteiger partial charge in [0.25, 0.3) is 0 Å². The van der Waals surface area contributed by atoms with Gasteiger partial charge in [0.2, 0.25) is 0 Å². The molecule has 1 aromatic rings. The van der Waals surface area contributed by atoms with Crippen LogP contribution < -0.4 is 11.2 Å². The van der Waals surface area contributed by atoms with Crippen LogP contribution in [-0.4, -0.2) is 20.7 Å². The van der Waals surface area contributed by atoms with Crippen LogP contribution in [-0.2, 0) is 0 Å². The molecule has 3 heteroatoms. The molecule has 0 atom stereocenters. The van der Waals surface area contributed by atoms with Crippen molar-refractivity contribution in [2.45, 2.75) is 0 Å².